The molecule has 0 amide bonds. The molecule has 0 fully saturated rings. The number of imidazole rings is 1. The minimum Gasteiger partial charge on any atom is -0.297 e. The van der Waals surface area contributed by atoms with Crippen LogP contribution in [0.25, 0.3) is 4.96 Å². The van der Waals surface area contributed by atoms with E-state index in [-0.39, 0.29) is 6.04 Å². The van der Waals surface area contributed by atoms with Crippen LogP contribution in [0.5, 0.6) is 0 Å². The van der Waals surface area contributed by atoms with E-state index in [2.05, 4.69) is 50.7 Å². The number of aryl methyl sites for hydroxylation is 1. The molecule has 0 saturated carbocycles. The molecule has 1 aromatic carbocycles. The van der Waals surface area contributed by atoms with Crippen LogP contribution in [0.4, 0.5) is 0 Å². The van der Waals surface area contributed by atoms with Gasteiger partial charge < -0.3 is 0 Å². The predicted octanol–water partition coefficient (Wildman–Crippen LogP) is 2.50. The molecule has 21 heavy (non-hydrogen) atoms. The van der Waals surface area contributed by atoms with Gasteiger partial charge in [-0.1, -0.05) is 24.3 Å². The molecule has 0 aliphatic heterocycles. The maximum absolute atomic E-state index is 5.85. The topological polar surface area (TPSA) is 55.3 Å². The van der Waals surface area contributed by atoms with Crippen LogP contribution in [0, 0.1) is 0 Å². The van der Waals surface area contributed by atoms with E-state index >= 15 is 0 Å². The van der Waals surface area contributed by atoms with E-state index in [4.69, 9.17) is 5.84 Å². The first kappa shape index (κ1) is 13.0. The lowest BCUT2D eigenvalue weighted by molar-refractivity contribution is 0.432. The van der Waals surface area contributed by atoms with E-state index in [9.17, 15) is 0 Å². The van der Waals surface area contributed by atoms with Crippen LogP contribution in [0.15, 0.2) is 42.0 Å². The Balaban J connectivity index is 1.59. The highest BCUT2D eigenvalue weighted by atomic mass is 32.1. The lowest BCUT2D eigenvalue weighted by atomic mass is 9.91. The lowest BCUT2D eigenvalue weighted by Gasteiger charge is -2.23. The molecule has 0 radical (unpaired) electrons. The number of hydrogen-bond donors (Lipinski definition) is 2. The van der Waals surface area contributed by atoms with Crippen LogP contribution < -0.4 is 11.3 Å². The third-order valence-electron chi connectivity index (χ3n) is 4.45. The lowest BCUT2D eigenvalue weighted by Crippen LogP contribution is -2.41. The summed E-state index contributed by atoms with van der Waals surface area (Å²) in [7, 11) is 0. The zero-order chi connectivity index (χ0) is 14.2. The number of nitrogens with two attached hydrogens (primary N) is 1. The van der Waals surface area contributed by atoms with Gasteiger partial charge in [-0.15, -0.1) is 11.3 Å². The zero-order valence-corrected chi connectivity index (χ0v) is 12.5. The third kappa shape index (κ3) is 2.27. The van der Waals surface area contributed by atoms with Crippen LogP contribution in [0.1, 0.15) is 29.2 Å². The van der Waals surface area contributed by atoms with E-state index in [1.165, 1.54) is 11.1 Å². The Bertz CT molecular complexity index is 732. The number of hydrogen-bond acceptors (Lipinski definition) is 4. The maximum atomic E-state index is 5.85. The van der Waals surface area contributed by atoms with Crippen molar-refractivity contribution in [2.75, 3.05) is 0 Å². The summed E-state index contributed by atoms with van der Waals surface area (Å²) < 4.78 is 2.08. The van der Waals surface area contributed by atoms with Gasteiger partial charge in [0.25, 0.3) is 0 Å². The number of aromatic nitrogens is 2. The predicted molar refractivity (Wildman–Crippen MR) is 85.4 cm³/mol. The van der Waals surface area contributed by atoms with Crippen molar-refractivity contribution < 1.29 is 0 Å². The summed E-state index contributed by atoms with van der Waals surface area (Å²) in [5.41, 5.74) is 7.04. The average Bonchev–Trinajstić information content (AvgIpc) is 3.18. The quantitative estimate of drug-likeness (QED) is 0.575. The van der Waals surface area contributed by atoms with Gasteiger partial charge in [0.1, 0.15) is 0 Å². The molecule has 2 aromatic heterocycles. The second kappa shape index (κ2) is 5.26. The number of thiazole rings is 1. The third-order valence-corrected chi connectivity index (χ3v) is 5.22. The first-order valence-corrected chi connectivity index (χ1v) is 8.18. The fourth-order valence-electron chi connectivity index (χ4n) is 3.43. The summed E-state index contributed by atoms with van der Waals surface area (Å²) in [6.07, 6.45) is 7.33. The largest absolute Gasteiger partial charge is 0.297 e. The molecule has 2 heterocycles. The van der Waals surface area contributed by atoms with Crippen LogP contribution in [-0.2, 0) is 12.8 Å². The van der Waals surface area contributed by atoms with Gasteiger partial charge in [0.2, 0.25) is 0 Å². The van der Waals surface area contributed by atoms with Crippen LogP contribution in [0.3, 0.4) is 0 Å². The number of nitrogens with zero attached hydrogens (tertiary/aromatic N) is 2. The second-order valence-electron chi connectivity index (χ2n) is 5.65. The summed E-state index contributed by atoms with van der Waals surface area (Å²) in [6.45, 7) is 0. The van der Waals surface area contributed by atoms with Crippen molar-refractivity contribution in [3.05, 3.63) is 58.9 Å². The summed E-state index contributed by atoms with van der Waals surface area (Å²) in [5.74, 6) is 6.32. The van der Waals surface area contributed by atoms with E-state index in [1.807, 2.05) is 6.20 Å². The molecule has 1 aliphatic carbocycles. The van der Waals surface area contributed by atoms with E-state index < -0.39 is 0 Å². The normalized spacial score (nSPS) is 19.0. The molecule has 1 aliphatic rings. The summed E-state index contributed by atoms with van der Waals surface area (Å²) >= 11 is 1.66. The number of nitrogens with one attached hydrogen (secondary N) is 1. The Labute approximate surface area is 127 Å². The Morgan fingerprint density at radius 2 is 2.33 bits per heavy atom. The summed E-state index contributed by atoms with van der Waals surface area (Å²) in [5, 5.41) is 2.05. The maximum Gasteiger partial charge on any atom is 0.193 e. The highest BCUT2D eigenvalue weighted by Gasteiger charge is 2.29. The molecule has 3 N–H and O–H groups in total. The van der Waals surface area contributed by atoms with E-state index in [1.54, 1.807) is 11.3 Å². The van der Waals surface area contributed by atoms with Gasteiger partial charge in [0.15, 0.2) is 4.96 Å². The summed E-state index contributed by atoms with van der Waals surface area (Å²) in [4.78, 5) is 5.72. The molecule has 2 unspecified atom stereocenters. The minimum absolute atomic E-state index is 0.234. The zero-order valence-electron chi connectivity index (χ0n) is 11.7. The van der Waals surface area contributed by atoms with Crippen LogP contribution in [-0.4, -0.2) is 15.4 Å². The molecule has 0 spiro atoms. The Kier molecular flexibility index (Phi) is 3.25. The van der Waals surface area contributed by atoms with E-state index in [0.29, 0.717) is 5.92 Å². The average molecular weight is 298 g/mol. The molecular formula is C16H18N4S. The summed E-state index contributed by atoms with van der Waals surface area (Å²) in [6, 6.07) is 8.95. The van der Waals surface area contributed by atoms with Gasteiger partial charge in [-0.3, -0.25) is 15.7 Å². The highest BCUT2D eigenvalue weighted by molar-refractivity contribution is 7.15. The van der Waals surface area contributed by atoms with Gasteiger partial charge in [0, 0.05) is 36.2 Å². The van der Waals surface area contributed by atoms with Gasteiger partial charge in [-0.25, -0.2) is 4.98 Å². The van der Waals surface area contributed by atoms with Crippen molar-refractivity contribution in [2.24, 2.45) is 5.84 Å². The van der Waals surface area contributed by atoms with Crippen molar-refractivity contribution in [2.45, 2.75) is 31.2 Å². The Morgan fingerprint density at radius 3 is 3.19 bits per heavy atom. The SMILES string of the molecule is NNC(Cc1cn2ccsc2n1)C1CCc2ccccc21. The molecular weight excluding hydrogens is 280 g/mol. The fourth-order valence-corrected chi connectivity index (χ4v) is 4.14. The van der Waals surface area contributed by atoms with Gasteiger partial charge >= 0.3 is 0 Å². The van der Waals surface area contributed by atoms with Crippen molar-refractivity contribution in [3.63, 3.8) is 0 Å². The molecule has 5 heteroatoms. The second-order valence-corrected chi connectivity index (χ2v) is 6.52. The molecule has 3 aromatic rings. The molecule has 108 valence electrons. The minimum atomic E-state index is 0.234. The molecule has 4 nitrogen and oxygen atoms in total. The fraction of sp³-hybridized carbons (Fsp3) is 0.312. The monoisotopic (exact) mass is 298 g/mol. The van der Waals surface area contributed by atoms with Gasteiger partial charge in [-0.2, -0.15) is 0 Å². The Hall–Kier alpha value is -1.69. The first-order chi connectivity index (χ1) is 10.3. The van der Waals surface area contributed by atoms with Crippen molar-refractivity contribution >= 4 is 16.3 Å². The Morgan fingerprint density at radius 1 is 1.43 bits per heavy atom. The smallest absolute Gasteiger partial charge is 0.193 e. The standard InChI is InChI=1S/C16H18N4S/c17-19-15(9-12-10-20-7-8-21-16(20)18-12)14-6-5-11-3-1-2-4-13(11)14/h1-4,7-8,10,14-15,19H,5-6,9,17H2. The number of hydrazine groups is 1. The first-order valence-electron chi connectivity index (χ1n) is 7.30. The van der Waals surface area contributed by atoms with Crippen molar-refractivity contribution in [3.8, 4) is 0 Å². The molecule has 4 rings (SSSR count). The number of benzene rings is 1. The highest BCUT2D eigenvalue weighted by Crippen LogP contribution is 2.36. The molecule has 0 bridgehead atoms. The molecule has 0 saturated heterocycles. The number of fused-ring (bicyclic) bond motifs is 2. The van der Waals surface area contributed by atoms with Crippen molar-refractivity contribution in [1.82, 2.24) is 14.8 Å². The van der Waals surface area contributed by atoms with E-state index in [0.717, 1.165) is 29.9 Å². The van der Waals surface area contributed by atoms with Crippen molar-refractivity contribution in [1.29, 1.82) is 0 Å². The van der Waals surface area contributed by atoms with Gasteiger partial charge in [-0.05, 0) is 24.0 Å². The molecule has 2 atom stereocenters. The van der Waals surface area contributed by atoms with Crippen LogP contribution >= 0.6 is 11.3 Å². The van der Waals surface area contributed by atoms with Crippen LogP contribution in [0.2, 0.25) is 0 Å². The number of rotatable bonds is 4. The van der Waals surface area contributed by atoms with Gasteiger partial charge in [0.05, 0.1) is 5.69 Å².